The van der Waals surface area contributed by atoms with Crippen molar-refractivity contribution in [1.29, 1.82) is 0 Å². The highest BCUT2D eigenvalue weighted by Gasteiger charge is 2.31. The monoisotopic (exact) mass is 258 g/mol. The highest BCUT2D eigenvalue weighted by atomic mass is 16.5. The first kappa shape index (κ1) is 11.0. The van der Waals surface area contributed by atoms with Crippen molar-refractivity contribution in [2.45, 2.75) is 18.3 Å². The van der Waals surface area contributed by atoms with Crippen LogP contribution in [0.1, 0.15) is 35.6 Å². The zero-order valence-electron chi connectivity index (χ0n) is 10.4. The summed E-state index contributed by atoms with van der Waals surface area (Å²) in [5.41, 5.74) is 1.13. The summed E-state index contributed by atoms with van der Waals surface area (Å²) >= 11 is 0. The van der Waals surface area contributed by atoms with Crippen LogP contribution < -0.4 is 4.74 Å². The zero-order valence-corrected chi connectivity index (χ0v) is 10.4. The SMILES string of the molecule is c1ccc2c(c1)OCC2c1nnc(C2CCOC2)o1. The van der Waals surface area contributed by atoms with Crippen LogP contribution in [0, 0.1) is 0 Å². The second kappa shape index (κ2) is 4.35. The lowest BCUT2D eigenvalue weighted by Gasteiger charge is -2.03. The minimum atomic E-state index is 0.0553. The van der Waals surface area contributed by atoms with E-state index >= 15 is 0 Å². The predicted molar refractivity (Wildman–Crippen MR) is 66.3 cm³/mol. The molecule has 2 unspecified atom stereocenters. The molecule has 98 valence electrons. The Morgan fingerprint density at radius 1 is 1.05 bits per heavy atom. The first-order valence-corrected chi connectivity index (χ1v) is 6.54. The average molecular weight is 258 g/mol. The molecule has 0 spiro atoms. The Bertz CT molecular complexity index is 590. The lowest BCUT2D eigenvalue weighted by atomic mass is 10.0. The molecule has 0 N–H and O–H groups in total. The summed E-state index contributed by atoms with van der Waals surface area (Å²) in [7, 11) is 0. The van der Waals surface area contributed by atoms with Crippen molar-refractivity contribution in [1.82, 2.24) is 10.2 Å². The second-order valence-electron chi connectivity index (χ2n) is 4.94. The van der Waals surface area contributed by atoms with E-state index in [-0.39, 0.29) is 11.8 Å². The number of ether oxygens (including phenoxy) is 2. The molecule has 19 heavy (non-hydrogen) atoms. The summed E-state index contributed by atoms with van der Waals surface area (Å²) < 4.78 is 16.8. The Labute approximate surface area is 110 Å². The Hall–Kier alpha value is -1.88. The molecule has 1 aromatic heterocycles. The minimum absolute atomic E-state index is 0.0553. The van der Waals surface area contributed by atoms with Gasteiger partial charge in [0, 0.05) is 12.2 Å². The van der Waals surface area contributed by atoms with E-state index in [2.05, 4.69) is 16.3 Å². The van der Waals surface area contributed by atoms with E-state index in [0.717, 1.165) is 24.3 Å². The van der Waals surface area contributed by atoms with Crippen LogP contribution in [0.25, 0.3) is 0 Å². The molecule has 5 nitrogen and oxygen atoms in total. The lowest BCUT2D eigenvalue weighted by molar-refractivity contribution is 0.190. The highest BCUT2D eigenvalue weighted by molar-refractivity contribution is 5.42. The number of hydrogen-bond acceptors (Lipinski definition) is 5. The van der Waals surface area contributed by atoms with Gasteiger partial charge in [-0.1, -0.05) is 18.2 Å². The van der Waals surface area contributed by atoms with Gasteiger partial charge in [0.15, 0.2) is 0 Å². The van der Waals surface area contributed by atoms with E-state index in [9.17, 15) is 0 Å². The minimum Gasteiger partial charge on any atom is -0.492 e. The maximum atomic E-state index is 5.83. The maximum Gasteiger partial charge on any atom is 0.227 e. The zero-order chi connectivity index (χ0) is 12.7. The number of nitrogens with zero attached hydrogens (tertiary/aromatic N) is 2. The predicted octanol–water partition coefficient (Wildman–Crippen LogP) is 2.10. The number of aromatic nitrogens is 2. The molecule has 0 saturated carbocycles. The standard InChI is InChI=1S/C14H14N2O3/c1-2-4-12-10(3-1)11(8-18-12)14-16-15-13(19-14)9-5-6-17-7-9/h1-4,9,11H,5-8H2. The fourth-order valence-electron chi connectivity index (χ4n) is 2.65. The Kier molecular flexibility index (Phi) is 2.51. The van der Waals surface area contributed by atoms with Gasteiger partial charge in [0.2, 0.25) is 11.8 Å². The van der Waals surface area contributed by atoms with Crippen molar-refractivity contribution < 1.29 is 13.9 Å². The van der Waals surface area contributed by atoms with Crippen molar-refractivity contribution in [2.24, 2.45) is 0 Å². The van der Waals surface area contributed by atoms with Crippen LogP contribution in [0.3, 0.4) is 0 Å². The molecule has 2 aliphatic heterocycles. The summed E-state index contributed by atoms with van der Waals surface area (Å²) in [5, 5.41) is 8.35. The van der Waals surface area contributed by atoms with Gasteiger partial charge in [-0.15, -0.1) is 10.2 Å². The van der Waals surface area contributed by atoms with E-state index in [4.69, 9.17) is 13.9 Å². The maximum absolute atomic E-state index is 5.83. The molecule has 1 aromatic carbocycles. The Morgan fingerprint density at radius 2 is 1.95 bits per heavy atom. The third-order valence-electron chi connectivity index (χ3n) is 3.73. The third-order valence-corrected chi connectivity index (χ3v) is 3.73. The van der Waals surface area contributed by atoms with Crippen molar-refractivity contribution >= 4 is 0 Å². The van der Waals surface area contributed by atoms with E-state index < -0.39 is 0 Å². The van der Waals surface area contributed by atoms with Crippen LogP contribution in [0.4, 0.5) is 0 Å². The van der Waals surface area contributed by atoms with Crippen LogP contribution in [-0.2, 0) is 4.74 Å². The summed E-state index contributed by atoms with van der Waals surface area (Å²) in [6.45, 7) is 2.03. The molecule has 2 aromatic rings. The quantitative estimate of drug-likeness (QED) is 0.825. The first-order chi connectivity index (χ1) is 9.42. The molecule has 2 aliphatic rings. The van der Waals surface area contributed by atoms with Crippen molar-refractivity contribution in [3.05, 3.63) is 41.6 Å². The molecule has 0 radical (unpaired) electrons. The summed E-state index contributed by atoms with van der Waals surface area (Å²) in [6.07, 6.45) is 0.958. The van der Waals surface area contributed by atoms with Gasteiger partial charge in [0.25, 0.3) is 0 Å². The number of benzene rings is 1. The van der Waals surface area contributed by atoms with Crippen molar-refractivity contribution in [3.63, 3.8) is 0 Å². The normalized spacial score (nSPS) is 25.3. The van der Waals surface area contributed by atoms with Gasteiger partial charge < -0.3 is 13.9 Å². The Balaban J connectivity index is 1.63. The van der Waals surface area contributed by atoms with E-state index in [0.29, 0.717) is 25.0 Å². The van der Waals surface area contributed by atoms with E-state index in [1.165, 1.54) is 0 Å². The summed E-state index contributed by atoms with van der Waals surface area (Å²) in [5.74, 6) is 2.55. The molecule has 5 heteroatoms. The fraction of sp³-hybridized carbons (Fsp3) is 0.429. The Morgan fingerprint density at radius 3 is 2.84 bits per heavy atom. The number of fused-ring (bicyclic) bond motifs is 1. The molecule has 2 atom stereocenters. The van der Waals surface area contributed by atoms with Crippen LogP contribution in [0.15, 0.2) is 28.7 Å². The molecular formula is C14H14N2O3. The van der Waals surface area contributed by atoms with Gasteiger partial charge in [0.1, 0.15) is 12.4 Å². The molecule has 0 amide bonds. The van der Waals surface area contributed by atoms with Crippen LogP contribution in [0.2, 0.25) is 0 Å². The van der Waals surface area contributed by atoms with Crippen molar-refractivity contribution in [3.8, 4) is 5.75 Å². The molecule has 0 bridgehead atoms. The smallest absolute Gasteiger partial charge is 0.227 e. The molecule has 1 saturated heterocycles. The first-order valence-electron chi connectivity index (χ1n) is 6.54. The van der Waals surface area contributed by atoms with E-state index in [1.54, 1.807) is 0 Å². The largest absolute Gasteiger partial charge is 0.492 e. The summed E-state index contributed by atoms with van der Waals surface area (Å²) in [4.78, 5) is 0. The number of para-hydroxylation sites is 1. The number of hydrogen-bond donors (Lipinski definition) is 0. The van der Waals surface area contributed by atoms with E-state index in [1.807, 2.05) is 18.2 Å². The van der Waals surface area contributed by atoms with Gasteiger partial charge >= 0.3 is 0 Å². The average Bonchev–Trinajstić information content (AvgIpc) is 3.18. The van der Waals surface area contributed by atoms with Crippen molar-refractivity contribution in [2.75, 3.05) is 19.8 Å². The van der Waals surface area contributed by atoms with Gasteiger partial charge in [-0.05, 0) is 12.5 Å². The molecule has 3 heterocycles. The molecule has 4 rings (SSSR count). The molecule has 1 fully saturated rings. The third kappa shape index (κ3) is 1.81. The number of rotatable bonds is 2. The molecule has 0 aliphatic carbocycles. The van der Waals surface area contributed by atoms with Gasteiger partial charge in [-0.3, -0.25) is 0 Å². The fourth-order valence-corrected chi connectivity index (χ4v) is 2.65. The van der Waals surface area contributed by atoms with Crippen LogP contribution in [-0.4, -0.2) is 30.0 Å². The molecular weight excluding hydrogens is 244 g/mol. The topological polar surface area (TPSA) is 57.4 Å². The van der Waals surface area contributed by atoms with Gasteiger partial charge in [0.05, 0.1) is 18.4 Å². The second-order valence-corrected chi connectivity index (χ2v) is 4.94. The van der Waals surface area contributed by atoms with Gasteiger partial charge in [-0.25, -0.2) is 0 Å². The van der Waals surface area contributed by atoms with Crippen LogP contribution >= 0.6 is 0 Å². The van der Waals surface area contributed by atoms with Crippen LogP contribution in [0.5, 0.6) is 5.75 Å². The van der Waals surface area contributed by atoms with Gasteiger partial charge in [-0.2, -0.15) is 0 Å². The summed E-state index contributed by atoms with van der Waals surface area (Å²) in [6, 6.07) is 7.99. The lowest BCUT2D eigenvalue weighted by Crippen LogP contribution is -2.02. The highest BCUT2D eigenvalue weighted by Crippen LogP contribution is 2.38.